The van der Waals surface area contributed by atoms with E-state index in [1.165, 1.54) is 0 Å². The van der Waals surface area contributed by atoms with Gasteiger partial charge in [0.25, 0.3) is 0 Å². The Kier molecular flexibility index (Phi) is 3.28. The maximum absolute atomic E-state index is 11.1. The molecule has 1 aromatic heterocycles. The van der Waals surface area contributed by atoms with E-state index in [4.69, 9.17) is 22.4 Å². The molecule has 1 rings (SSSR count). The van der Waals surface area contributed by atoms with Crippen molar-refractivity contribution in [2.45, 2.75) is 6.04 Å². The lowest BCUT2D eigenvalue weighted by Gasteiger charge is -2.02. The number of aliphatic carboxylic acids is 1. The molecule has 0 fully saturated rings. The topological polar surface area (TPSA) is 118 Å². The molecule has 0 saturated heterocycles. The van der Waals surface area contributed by atoms with Gasteiger partial charge < -0.3 is 15.6 Å². The van der Waals surface area contributed by atoms with Gasteiger partial charge in [0, 0.05) is 0 Å². The standard InChI is InChI=1S/C7H8ClN3O4/c1-15-7(14)5-2(8)4(10-11-5)3(9)6(12)13/h3H,9H2,1H3,(H,10,11)(H,12,13). The normalized spacial score (nSPS) is 12.2. The van der Waals surface area contributed by atoms with Crippen molar-refractivity contribution in [3.05, 3.63) is 16.4 Å². The molecule has 1 aromatic rings. The lowest BCUT2D eigenvalue weighted by Crippen LogP contribution is -2.21. The second-order valence-corrected chi connectivity index (χ2v) is 2.99. The van der Waals surface area contributed by atoms with Gasteiger partial charge in [0.1, 0.15) is 6.04 Å². The summed E-state index contributed by atoms with van der Waals surface area (Å²) < 4.78 is 4.38. The van der Waals surface area contributed by atoms with Crippen LogP contribution in [0.1, 0.15) is 22.2 Å². The van der Waals surface area contributed by atoms with E-state index in [1.807, 2.05) is 0 Å². The molecule has 4 N–H and O–H groups in total. The van der Waals surface area contributed by atoms with Crippen LogP contribution in [-0.2, 0) is 9.53 Å². The first-order valence-electron chi connectivity index (χ1n) is 3.79. The molecular formula is C7H8ClN3O4. The second-order valence-electron chi connectivity index (χ2n) is 2.61. The van der Waals surface area contributed by atoms with E-state index >= 15 is 0 Å². The van der Waals surface area contributed by atoms with Crippen LogP contribution in [-0.4, -0.2) is 34.4 Å². The summed E-state index contributed by atoms with van der Waals surface area (Å²) in [5, 5.41) is 14.3. The van der Waals surface area contributed by atoms with Crippen molar-refractivity contribution in [1.29, 1.82) is 0 Å². The number of hydrogen-bond donors (Lipinski definition) is 3. The molecule has 0 aromatic carbocycles. The SMILES string of the molecule is COC(=O)c1n[nH]c(C(N)C(=O)O)c1Cl. The van der Waals surface area contributed by atoms with Gasteiger partial charge in [0.15, 0.2) is 5.69 Å². The molecular weight excluding hydrogens is 226 g/mol. The minimum atomic E-state index is -1.36. The lowest BCUT2D eigenvalue weighted by atomic mass is 10.2. The first-order valence-corrected chi connectivity index (χ1v) is 4.17. The zero-order valence-electron chi connectivity index (χ0n) is 7.65. The number of esters is 1. The van der Waals surface area contributed by atoms with Crippen LogP contribution in [0.2, 0.25) is 5.02 Å². The Bertz CT molecular complexity index is 403. The van der Waals surface area contributed by atoms with Crippen molar-refractivity contribution in [1.82, 2.24) is 10.2 Å². The van der Waals surface area contributed by atoms with E-state index in [0.717, 1.165) is 7.11 Å². The molecule has 0 saturated carbocycles. The number of aromatic amines is 1. The molecule has 0 aliphatic heterocycles. The Balaban J connectivity index is 3.09. The number of nitrogens with two attached hydrogens (primary N) is 1. The third kappa shape index (κ3) is 2.08. The lowest BCUT2D eigenvalue weighted by molar-refractivity contribution is -0.138. The molecule has 1 unspecified atom stereocenters. The van der Waals surface area contributed by atoms with E-state index < -0.39 is 18.0 Å². The monoisotopic (exact) mass is 233 g/mol. The van der Waals surface area contributed by atoms with Gasteiger partial charge in [-0.1, -0.05) is 11.6 Å². The van der Waals surface area contributed by atoms with Crippen LogP contribution < -0.4 is 5.73 Å². The third-order valence-corrected chi connectivity index (χ3v) is 2.07. The molecule has 15 heavy (non-hydrogen) atoms. The summed E-state index contributed by atoms with van der Waals surface area (Å²) in [5.74, 6) is -2.04. The second kappa shape index (κ2) is 4.28. The fraction of sp³-hybridized carbons (Fsp3) is 0.286. The Hall–Kier alpha value is -1.60. The number of carbonyl (C=O) groups is 2. The summed E-state index contributed by atoms with van der Waals surface area (Å²) in [6.45, 7) is 0. The van der Waals surface area contributed by atoms with E-state index in [9.17, 15) is 9.59 Å². The molecule has 0 amide bonds. The maximum atomic E-state index is 11.1. The summed E-state index contributed by atoms with van der Waals surface area (Å²) in [6, 6.07) is -1.36. The Morgan fingerprint density at radius 1 is 1.67 bits per heavy atom. The van der Waals surface area contributed by atoms with Crippen LogP contribution in [0.15, 0.2) is 0 Å². The fourth-order valence-electron chi connectivity index (χ4n) is 0.903. The number of carboxylic acid groups (broad SMARTS) is 1. The molecule has 8 heteroatoms. The number of rotatable bonds is 3. The molecule has 0 spiro atoms. The number of halogens is 1. The summed E-state index contributed by atoms with van der Waals surface area (Å²) in [7, 11) is 1.16. The molecule has 0 radical (unpaired) electrons. The Labute approximate surface area is 89.2 Å². The highest BCUT2D eigenvalue weighted by atomic mass is 35.5. The van der Waals surface area contributed by atoms with Crippen molar-refractivity contribution in [3.8, 4) is 0 Å². The van der Waals surface area contributed by atoms with Gasteiger partial charge in [0.05, 0.1) is 17.8 Å². The number of hydrogen-bond acceptors (Lipinski definition) is 5. The van der Waals surface area contributed by atoms with Crippen molar-refractivity contribution in [3.63, 3.8) is 0 Å². The van der Waals surface area contributed by atoms with Crippen LogP contribution in [0.5, 0.6) is 0 Å². The molecule has 7 nitrogen and oxygen atoms in total. The number of carbonyl (C=O) groups excluding carboxylic acids is 1. The van der Waals surface area contributed by atoms with Crippen molar-refractivity contribution in [2.24, 2.45) is 5.73 Å². The summed E-state index contributed by atoms with van der Waals surface area (Å²) >= 11 is 5.70. The van der Waals surface area contributed by atoms with E-state index in [0.29, 0.717) is 0 Å². The fourth-order valence-corrected chi connectivity index (χ4v) is 1.18. The number of ether oxygens (including phenoxy) is 1. The number of nitrogens with zero attached hydrogens (tertiary/aromatic N) is 1. The van der Waals surface area contributed by atoms with Gasteiger partial charge in [-0.2, -0.15) is 5.10 Å². The number of H-pyrrole nitrogens is 1. The van der Waals surface area contributed by atoms with Crippen LogP contribution in [0, 0.1) is 0 Å². The minimum absolute atomic E-state index is 0.0374. The summed E-state index contributed by atoms with van der Waals surface area (Å²) in [6.07, 6.45) is 0. The average Bonchev–Trinajstić information content (AvgIpc) is 2.57. The first-order chi connectivity index (χ1) is 6.99. The zero-order valence-corrected chi connectivity index (χ0v) is 8.41. The summed E-state index contributed by atoms with van der Waals surface area (Å²) in [5.41, 5.74) is 5.06. The van der Waals surface area contributed by atoms with Gasteiger partial charge in [-0.3, -0.25) is 9.89 Å². The quantitative estimate of drug-likeness (QED) is 0.629. The molecule has 0 aliphatic carbocycles. The maximum Gasteiger partial charge on any atom is 0.360 e. The molecule has 0 aliphatic rings. The predicted molar refractivity (Wildman–Crippen MR) is 49.5 cm³/mol. The summed E-state index contributed by atoms with van der Waals surface area (Å²) in [4.78, 5) is 21.6. The molecule has 0 bridgehead atoms. The van der Waals surface area contributed by atoms with Crippen LogP contribution >= 0.6 is 11.6 Å². The highest BCUT2D eigenvalue weighted by Crippen LogP contribution is 2.23. The average molecular weight is 234 g/mol. The largest absolute Gasteiger partial charge is 0.480 e. The molecule has 1 heterocycles. The van der Waals surface area contributed by atoms with Crippen molar-refractivity contribution < 1.29 is 19.4 Å². The number of nitrogens with one attached hydrogen (secondary N) is 1. The highest BCUT2D eigenvalue weighted by Gasteiger charge is 2.25. The van der Waals surface area contributed by atoms with Gasteiger partial charge in [-0.15, -0.1) is 0 Å². The highest BCUT2D eigenvalue weighted by molar-refractivity contribution is 6.34. The third-order valence-electron chi connectivity index (χ3n) is 1.69. The van der Waals surface area contributed by atoms with E-state index in [-0.39, 0.29) is 16.4 Å². The number of aromatic nitrogens is 2. The Morgan fingerprint density at radius 2 is 2.27 bits per heavy atom. The Morgan fingerprint density at radius 3 is 2.73 bits per heavy atom. The predicted octanol–water partition coefficient (Wildman–Crippen LogP) is -0.0659. The van der Waals surface area contributed by atoms with Gasteiger partial charge >= 0.3 is 11.9 Å². The molecule has 1 atom stereocenters. The number of methoxy groups -OCH3 is 1. The minimum Gasteiger partial charge on any atom is -0.480 e. The van der Waals surface area contributed by atoms with Crippen LogP contribution in [0.25, 0.3) is 0 Å². The van der Waals surface area contributed by atoms with Gasteiger partial charge in [0.2, 0.25) is 0 Å². The van der Waals surface area contributed by atoms with Gasteiger partial charge in [-0.05, 0) is 0 Å². The number of carboxylic acids is 1. The van der Waals surface area contributed by atoms with E-state index in [2.05, 4.69) is 14.9 Å². The smallest absolute Gasteiger partial charge is 0.360 e. The molecule has 82 valence electrons. The van der Waals surface area contributed by atoms with Crippen molar-refractivity contribution >= 4 is 23.5 Å². The first kappa shape index (κ1) is 11.5. The van der Waals surface area contributed by atoms with Crippen LogP contribution in [0.4, 0.5) is 0 Å². The van der Waals surface area contributed by atoms with Crippen molar-refractivity contribution in [2.75, 3.05) is 7.11 Å². The van der Waals surface area contributed by atoms with Gasteiger partial charge in [-0.25, -0.2) is 4.79 Å². The van der Waals surface area contributed by atoms with Crippen LogP contribution in [0.3, 0.4) is 0 Å². The van der Waals surface area contributed by atoms with E-state index in [1.54, 1.807) is 0 Å². The zero-order chi connectivity index (χ0) is 11.6.